The van der Waals surface area contributed by atoms with Gasteiger partial charge in [-0.05, 0) is 37.6 Å². The second kappa shape index (κ2) is 10.7. The zero-order valence-corrected chi connectivity index (χ0v) is 21.9. The Bertz CT molecular complexity index is 1430. The molecule has 2 atom stereocenters. The molecular weight excluding hydrogens is 528 g/mol. The number of nitrogens with zero attached hydrogens (tertiary/aromatic N) is 5. The van der Waals surface area contributed by atoms with E-state index in [9.17, 15) is 19.7 Å². The van der Waals surface area contributed by atoms with Crippen molar-refractivity contribution in [2.24, 2.45) is 4.99 Å². The van der Waals surface area contributed by atoms with Gasteiger partial charge in [-0.15, -0.1) is 0 Å². The standard InChI is InChI=1S/C26H25ClN6O6/c1-15(2)39-20-11-18(33(36)37)7-8-19(20)25-30-23(16-3-5-17(27)6-4-16)24(21-12-28-14-38-21)32(25)26(35)31-10-9-29-22(34)13-31/h3-8,11-12,14-15,23-24H,9-10,13H2,1-2H3,(H,29,34). The Morgan fingerprint density at radius 3 is 2.67 bits per heavy atom. The Morgan fingerprint density at radius 2 is 2.03 bits per heavy atom. The number of aliphatic imine (C=N–C) groups is 1. The highest BCUT2D eigenvalue weighted by Crippen LogP contribution is 2.45. The normalized spacial score (nSPS) is 19.2. The molecule has 0 bridgehead atoms. The van der Waals surface area contributed by atoms with Crippen molar-refractivity contribution in [3.8, 4) is 5.75 Å². The molecular formula is C26H25ClN6O6. The molecule has 1 saturated heterocycles. The molecule has 3 aromatic rings. The number of aromatic nitrogens is 1. The van der Waals surface area contributed by atoms with Gasteiger partial charge in [-0.2, -0.15) is 0 Å². The number of nitro groups is 1. The number of rotatable bonds is 6. The Kier molecular flexibility index (Phi) is 7.20. The maximum Gasteiger partial charge on any atom is 0.326 e. The number of halogens is 1. The van der Waals surface area contributed by atoms with Crippen LogP contribution in [-0.2, 0) is 4.79 Å². The Hall–Kier alpha value is -4.45. The van der Waals surface area contributed by atoms with Gasteiger partial charge in [0.2, 0.25) is 5.91 Å². The van der Waals surface area contributed by atoms with E-state index in [-0.39, 0.29) is 35.8 Å². The van der Waals surface area contributed by atoms with E-state index in [2.05, 4.69) is 10.3 Å². The number of amidine groups is 1. The number of nitro benzene ring substituents is 1. The molecule has 2 aliphatic heterocycles. The van der Waals surface area contributed by atoms with Crippen LogP contribution in [0.1, 0.15) is 42.8 Å². The highest BCUT2D eigenvalue weighted by Gasteiger charge is 2.46. The van der Waals surface area contributed by atoms with Crippen molar-refractivity contribution in [3.05, 3.63) is 87.1 Å². The molecule has 12 nitrogen and oxygen atoms in total. The lowest BCUT2D eigenvalue weighted by atomic mass is 9.98. The third-order valence-corrected chi connectivity index (χ3v) is 6.57. The lowest BCUT2D eigenvalue weighted by molar-refractivity contribution is -0.384. The fourth-order valence-electron chi connectivity index (χ4n) is 4.63. The van der Waals surface area contributed by atoms with Gasteiger partial charge in [-0.1, -0.05) is 23.7 Å². The molecule has 0 radical (unpaired) electrons. The highest BCUT2D eigenvalue weighted by atomic mass is 35.5. The SMILES string of the molecule is CC(C)Oc1cc([N+](=O)[O-])ccc1C1=NC(c2ccc(Cl)cc2)C(c2cnco2)N1C(=O)N1CCNC(=O)C1. The van der Waals surface area contributed by atoms with E-state index < -0.39 is 23.0 Å². The first kappa shape index (κ1) is 26.2. The predicted octanol–water partition coefficient (Wildman–Crippen LogP) is 4.12. The summed E-state index contributed by atoms with van der Waals surface area (Å²) in [5.41, 5.74) is 0.961. The van der Waals surface area contributed by atoms with Gasteiger partial charge in [0.1, 0.15) is 36.0 Å². The average molecular weight is 553 g/mol. The molecule has 1 fully saturated rings. The van der Waals surface area contributed by atoms with Crippen molar-refractivity contribution < 1.29 is 23.7 Å². The van der Waals surface area contributed by atoms with Crippen LogP contribution in [-0.4, -0.2) is 63.2 Å². The fraction of sp³-hybridized carbons (Fsp3) is 0.308. The molecule has 2 aromatic carbocycles. The number of carbonyl (C=O) groups excluding carboxylic acids is 2. The summed E-state index contributed by atoms with van der Waals surface area (Å²) in [5.74, 6) is 0.506. The zero-order chi connectivity index (χ0) is 27.7. The van der Waals surface area contributed by atoms with Gasteiger partial charge < -0.3 is 19.4 Å². The smallest absolute Gasteiger partial charge is 0.326 e. The molecule has 0 aliphatic carbocycles. The first-order valence-corrected chi connectivity index (χ1v) is 12.6. The third kappa shape index (κ3) is 5.28. The molecule has 13 heteroatoms. The van der Waals surface area contributed by atoms with Crippen molar-refractivity contribution in [1.29, 1.82) is 0 Å². The number of non-ortho nitro benzene ring substituents is 1. The molecule has 3 amide bonds. The minimum absolute atomic E-state index is 0.132. The van der Waals surface area contributed by atoms with E-state index in [0.717, 1.165) is 5.56 Å². The lowest BCUT2D eigenvalue weighted by Crippen LogP contribution is -2.55. The first-order chi connectivity index (χ1) is 18.7. The quantitative estimate of drug-likeness (QED) is 0.358. The number of urea groups is 1. The number of hydrogen-bond acceptors (Lipinski definition) is 8. The van der Waals surface area contributed by atoms with Crippen LogP contribution < -0.4 is 10.1 Å². The van der Waals surface area contributed by atoms with E-state index in [1.54, 1.807) is 38.1 Å². The van der Waals surface area contributed by atoms with Crippen LogP contribution in [0.2, 0.25) is 5.02 Å². The fourth-order valence-corrected chi connectivity index (χ4v) is 4.76. The van der Waals surface area contributed by atoms with Crippen LogP contribution >= 0.6 is 11.6 Å². The van der Waals surface area contributed by atoms with E-state index in [0.29, 0.717) is 29.4 Å². The molecule has 1 aromatic heterocycles. The van der Waals surface area contributed by atoms with E-state index >= 15 is 0 Å². The van der Waals surface area contributed by atoms with Gasteiger partial charge in [-0.25, -0.2) is 9.78 Å². The number of carbonyl (C=O) groups is 2. The van der Waals surface area contributed by atoms with Gasteiger partial charge in [0.15, 0.2) is 6.39 Å². The minimum Gasteiger partial charge on any atom is -0.490 e. The average Bonchev–Trinajstić information content (AvgIpc) is 3.56. The van der Waals surface area contributed by atoms with Crippen molar-refractivity contribution in [1.82, 2.24) is 20.1 Å². The molecule has 2 unspecified atom stereocenters. The summed E-state index contributed by atoms with van der Waals surface area (Å²) in [7, 11) is 0. The number of oxazole rings is 1. The second-order valence-corrected chi connectivity index (χ2v) is 9.76. The maximum absolute atomic E-state index is 14.1. The highest BCUT2D eigenvalue weighted by molar-refractivity contribution is 6.30. The Balaban J connectivity index is 1.70. The molecule has 39 heavy (non-hydrogen) atoms. The van der Waals surface area contributed by atoms with Gasteiger partial charge in [0.05, 0.1) is 28.9 Å². The summed E-state index contributed by atoms with van der Waals surface area (Å²) >= 11 is 6.14. The van der Waals surface area contributed by atoms with Crippen LogP contribution in [0.4, 0.5) is 10.5 Å². The van der Waals surface area contributed by atoms with Crippen LogP contribution in [0, 0.1) is 10.1 Å². The van der Waals surface area contributed by atoms with Crippen molar-refractivity contribution >= 4 is 35.1 Å². The molecule has 3 heterocycles. The van der Waals surface area contributed by atoms with Gasteiger partial charge in [-0.3, -0.25) is 24.8 Å². The Labute approximate surface area is 228 Å². The van der Waals surface area contributed by atoms with E-state index in [1.807, 2.05) is 0 Å². The summed E-state index contributed by atoms with van der Waals surface area (Å²) < 4.78 is 11.7. The maximum atomic E-state index is 14.1. The Morgan fingerprint density at radius 1 is 1.26 bits per heavy atom. The largest absolute Gasteiger partial charge is 0.490 e. The monoisotopic (exact) mass is 552 g/mol. The topological polar surface area (TPSA) is 143 Å². The molecule has 0 spiro atoms. The van der Waals surface area contributed by atoms with Crippen LogP contribution in [0.5, 0.6) is 5.75 Å². The second-order valence-electron chi connectivity index (χ2n) is 9.33. The number of amides is 3. The summed E-state index contributed by atoms with van der Waals surface area (Å²) in [4.78, 5) is 49.2. The summed E-state index contributed by atoms with van der Waals surface area (Å²) in [6.07, 6.45) is 2.46. The third-order valence-electron chi connectivity index (χ3n) is 6.32. The molecule has 202 valence electrons. The van der Waals surface area contributed by atoms with E-state index in [1.165, 1.54) is 40.6 Å². The van der Waals surface area contributed by atoms with Crippen molar-refractivity contribution in [2.75, 3.05) is 19.6 Å². The van der Waals surface area contributed by atoms with Crippen LogP contribution in [0.15, 0.2) is 64.5 Å². The minimum atomic E-state index is -0.775. The number of nitrogens with one attached hydrogen (secondary N) is 1. The van der Waals surface area contributed by atoms with Crippen LogP contribution in [0.25, 0.3) is 0 Å². The molecule has 5 rings (SSSR count). The van der Waals surface area contributed by atoms with Gasteiger partial charge in [0.25, 0.3) is 5.69 Å². The van der Waals surface area contributed by atoms with Gasteiger partial charge >= 0.3 is 6.03 Å². The van der Waals surface area contributed by atoms with Crippen LogP contribution in [0.3, 0.4) is 0 Å². The van der Waals surface area contributed by atoms with E-state index in [4.69, 9.17) is 25.7 Å². The summed E-state index contributed by atoms with van der Waals surface area (Å²) in [6, 6.07) is 9.33. The van der Waals surface area contributed by atoms with Crippen molar-refractivity contribution in [3.63, 3.8) is 0 Å². The summed E-state index contributed by atoms with van der Waals surface area (Å²) in [6.45, 7) is 4.05. The summed E-state index contributed by atoms with van der Waals surface area (Å²) in [5, 5.41) is 14.8. The lowest BCUT2D eigenvalue weighted by Gasteiger charge is -2.34. The van der Waals surface area contributed by atoms with Crippen molar-refractivity contribution in [2.45, 2.75) is 32.0 Å². The predicted molar refractivity (Wildman–Crippen MR) is 141 cm³/mol. The first-order valence-electron chi connectivity index (χ1n) is 12.2. The number of benzene rings is 2. The molecule has 1 N–H and O–H groups in total. The number of piperazine rings is 1. The zero-order valence-electron chi connectivity index (χ0n) is 21.1. The number of hydrogen-bond donors (Lipinski definition) is 1. The van der Waals surface area contributed by atoms with Gasteiger partial charge in [0, 0.05) is 24.2 Å². The molecule has 2 aliphatic rings. The molecule has 0 saturated carbocycles. The number of ether oxygens (including phenoxy) is 1.